The molecule has 1 aromatic carbocycles. The third kappa shape index (κ3) is 2.34. The second-order valence-electron chi connectivity index (χ2n) is 4.74. The van der Waals surface area contributed by atoms with Crippen molar-refractivity contribution < 1.29 is 9.53 Å². The van der Waals surface area contributed by atoms with Crippen molar-refractivity contribution in [3.63, 3.8) is 0 Å². The van der Waals surface area contributed by atoms with Gasteiger partial charge in [0.05, 0.1) is 12.7 Å². The summed E-state index contributed by atoms with van der Waals surface area (Å²) in [6.45, 7) is 5.94. The fraction of sp³-hybridized carbons (Fsp3) is 0.500. The highest BCUT2D eigenvalue weighted by atomic mass is 16.5. The van der Waals surface area contributed by atoms with Crippen molar-refractivity contribution in [2.24, 2.45) is 5.92 Å². The van der Waals surface area contributed by atoms with Gasteiger partial charge in [0, 0.05) is 6.42 Å². The molecule has 1 aromatic rings. The zero-order valence-electron chi connectivity index (χ0n) is 10.7. The molecule has 0 amide bonds. The molecule has 3 heteroatoms. The van der Waals surface area contributed by atoms with Gasteiger partial charge in [-0.2, -0.15) is 0 Å². The molecule has 0 radical (unpaired) electrons. The van der Waals surface area contributed by atoms with E-state index in [1.807, 2.05) is 26.0 Å². The number of methoxy groups -OCH3 is 1. The Kier molecular flexibility index (Phi) is 3.48. The molecule has 0 bridgehead atoms. The normalized spacial score (nSPS) is 15.5. The maximum absolute atomic E-state index is 12.2. The number of ether oxygens (including phenoxy) is 1. The molecule has 1 fully saturated rings. The van der Waals surface area contributed by atoms with E-state index in [1.54, 1.807) is 7.11 Å². The Morgan fingerprint density at radius 3 is 2.65 bits per heavy atom. The average molecular weight is 233 g/mol. The fourth-order valence-electron chi connectivity index (χ4n) is 2.14. The van der Waals surface area contributed by atoms with Gasteiger partial charge in [0.15, 0.2) is 5.78 Å². The fourth-order valence-corrected chi connectivity index (χ4v) is 2.14. The van der Waals surface area contributed by atoms with Crippen LogP contribution < -0.4 is 10.1 Å². The molecule has 0 aromatic heterocycles. The van der Waals surface area contributed by atoms with Crippen LogP contribution in [0, 0.1) is 19.8 Å². The zero-order chi connectivity index (χ0) is 12.4. The van der Waals surface area contributed by atoms with E-state index >= 15 is 0 Å². The van der Waals surface area contributed by atoms with Crippen LogP contribution in [0.3, 0.4) is 0 Å². The number of benzene rings is 1. The van der Waals surface area contributed by atoms with Gasteiger partial charge in [-0.05, 0) is 50.0 Å². The number of nitrogens with one attached hydrogen (secondary N) is 1. The highest BCUT2D eigenvalue weighted by molar-refractivity contribution is 5.99. The molecule has 1 heterocycles. The Hall–Kier alpha value is -1.35. The minimum absolute atomic E-state index is 0.191. The first-order valence-corrected chi connectivity index (χ1v) is 6.01. The third-order valence-corrected chi connectivity index (χ3v) is 3.52. The number of aryl methyl sites for hydroxylation is 1. The molecule has 2 rings (SSSR count). The lowest BCUT2D eigenvalue weighted by atomic mass is 9.92. The van der Waals surface area contributed by atoms with Crippen LogP contribution in [0.4, 0.5) is 0 Å². The lowest BCUT2D eigenvalue weighted by Gasteiger charge is -2.26. The van der Waals surface area contributed by atoms with E-state index in [-0.39, 0.29) is 5.78 Å². The monoisotopic (exact) mass is 233 g/mol. The molecular weight excluding hydrogens is 214 g/mol. The van der Waals surface area contributed by atoms with Gasteiger partial charge in [-0.3, -0.25) is 4.79 Å². The topological polar surface area (TPSA) is 38.3 Å². The number of hydrogen-bond donors (Lipinski definition) is 1. The summed E-state index contributed by atoms with van der Waals surface area (Å²) in [5.41, 5.74) is 2.94. The molecule has 0 atom stereocenters. The molecule has 92 valence electrons. The van der Waals surface area contributed by atoms with Crippen LogP contribution in [0.2, 0.25) is 0 Å². The van der Waals surface area contributed by atoms with Crippen LogP contribution in [-0.2, 0) is 0 Å². The van der Waals surface area contributed by atoms with Gasteiger partial charge in [-0.15, -0.1) is 0 Å². The first kappa shape index (κ1) is 12.1. The Morgan fingerprint density at radius 2 is 2.12 bits per heavy atom. The van der Waals surface area contributed by atoms with Gasteiger partial charge < -0.3 is 10.1 Å². The summed E-state index contributed by atoms with van der Waals surface area (Å²) in [5, 5.41) is 3.18. The van der Waals surface area contributed by atoms with Gasteiger partial charge in [0.1, 0.15) is 5.75 Å². The van der Waals surface area contributed by atoms with E-state index in [1.165, 1.54) is 0 Å². The van der Waals surface area contributed by atoms with Crippen LogP contribution in [0.15, 0.2) is 12.1 Å². The maximum atomic E-state index is 12.2. The minimum Gasteiger partial charge on any atom is -0.496 e. The first-order chi connectivity index (χ1) is 8.13. The minimum atomic E-state index is 0.191. The zero-order valence-corrected chi connectivity index (χ0v) is 10.7. The predicted octanol–water partition coefficient (Wildman–Crippen LogP) is 2.10. The Morgan fingerprint density at radius 1 is 1.41 bits per heavy atom. The molecule has 0 saturated carbocycles. The quantitative estimate of drug-likeness (QED) is 0.809. The highest BCUT2D eigenvalue weighted by Gasteiger charge is 2.23. The molecule has 1 N–H and O–H groups in total. The van der Waals surface area contributed by atoms with Gasteiger partial charge >= 0.3 is 0 Å². The molecule has 1 aliphatic rings. The van der Waals surface area contributed by atoms with Crippen LogP contribution >= 0.6 is 0 Å². The second kappa shape index (κ2) is 4.88. The van der Waals surface area contributed by atoms with Crippen molar-refractivity contribution >= 4 is 5.78 Å². The number of carbonyl (C=O) groups excluding carboxylic acids is 1. The Bertz CT molecular complexity index is 436. The summed E-state index contributed by atoms with van der Waals surface area (Å²) < 4.78 is 5.37. The summed E-state index contributed by atoms with van der Waals surface area (Å²) in [4.78, 5) is 12.2. The number of Topliss-reactive ketones (excluding diaryl/α,β-unsaturated/α-hetero) is 1. The number of ketones is 1. The molecule has 1 aliphatic heterocycles. The lowest BCUT2D eigenvalue weighted by molar-refractivity contribution is 0.0942. The molecular formula is C14H19NO2. The molecule has 3 nitrogen and oxygen atoms in total. The lowest BCUT2D eigenvalue weighted by Crippen LogP contribution is -2.42. The van der Waals surface area contributed by atoms with Crippen molar-refractivity contribution in [1.82, 2.24) is 5.32 Å². The number of carbonyl (C=O) groups is 1. The standard InChI is InChI=1S/C14H19NO2/c1-9-4-5-12(14(17-3)10(9)2)13(16)6-11-7-15-8-11/h4-5,11,15H,6-8H2,1-3H3. The Balaban J connectivity index is 2.24. The predicted molar refractivity (Wildman–Crippen MR) is 67.8 cm³/mol. The largest absolute Gasteiger partial charge is 0.496 e. The first-order valence-electron chi connectivity index (χ1n) is 6.01. The van der Waals surface area contributed by atoms with Crippen LogP contribution in [0.1, 0.15) is 27.9 Å². The van der Waals surface area contributed by atoms with Crippen molar-refractivity contribution in [2.45, 2.75) is 20.3 Å². The van der Waals surface area contributed by atoms with E-state index in [9.17, 15) is 4.79 Å². The Labute approximate surface area is 102 Å². The van der Waals surface area contributed by atoms with E-state index in [2.05, 4.69) is 5.32 Å². The van der Waals surface area contributed by atoms with Crippen LogP contribution in [-0.4, -0.2) is 26.0 Å². The number of rotatable bonds is 4. The van der Waals surface area contributed by atoms with Crippen molar-refractivity contribution in [3.05, 3.63) is 28.8 Å². The summed E-state index contributed by atoms with van der Waals surface area (Å²) in [5.74, 6) is 1.42. The van der Waals surface area contributed by atoms with Crippen LogP contribution in [0.5, 0.6) is 5.75 Å². The molecule has 17 heavy (non-hydrogen) atoms. The number of hydrogen-bond acceptors (Lipinski definition) is 3. The summed E-state index contributed by atoms with van der Waals surface area (Å²) >= 11 is 0. The van der Waals surface area contributed by atoms with E-state index in [4.69, 9.17) is 4.74 Å². The summed E-state index contributed by atoms with van der Waals surface area (Å²) in [6, 6.07) is 3.87. The van der Waals surface area contributed by atoms with Crippen molar-refractivity contribution in [2.75, 3.05) is 20.2 Å². The summed E-state index contributed by atoms with van der Waals surface area (Å²) in [7, 11) is 1.63. The van der Waals surface area contributed by atoms with Gasteiger partial charge in [-0.25, -0.2) is 0 Å². The molecule has 0 aliphatic carbocycles. The highest BCUT2D eigenvalue weighted by Crippen LogP contribution is 2.28. The van der Waals surface area contributed by atoms with Crippen molar-refractivity contribution in [1.29, 1.82) is 0 Å². The van der Waals surface area contributed by atoms with Gasteiger partial charge in [0.2, 0.25) is 0 Å². The summed E-state index contributed by atoms with van der Waals surface area (Å²) in [6.07, 6.45) is 0.617. The van der Waals surface area contributed by atoms with Crippen LogP contribution in [0.25, 0.3) is 0 Å². The molecule has 1 saturated heterocycles. The average Bonchev–Trinajstić information content (AvgIpc) is 2.26. The second-order valence-corrected chi connectivity index (χ2v) is 4.74. The SMILES string of the molecule is COc1c(C(=O)CC2CNC2)ccc(C)c1C. The van der Waals surface area contributed by atoms with E-state index in [0.29, 0.717) is 12.3 Å². The third-order valence-electron chi connectivity index (χ3n) is 3.52. The smallest absolute Gasteiger partial charge is 0.166 e. The van der Waals surface area contributed by atoms with Gasteiger partial charge in [0.25, 0.3) is 0 Å². The van der Waals surface area contributed by atoms with Gasteiger partial charge in [-0.1, -0.05) is 6.07 Å². The maximum Gasteiger partial charge on any atom is 0.166 e. The van der Waals surface area contributed by atoms with E-state index in [0.717, 1.165) is 35.5 Å². The molecule has 0 spiro atoms. The van der Waals surface area contributed by atoms with Crippen molar-refractivity contribution in [3.8, 4) is 5.75 Å². The molecule has 0 unspecified atom stereocenters. The van der Waals surface area contributed by atoms with E-state index < -0.39 is 0 Å².